The minimum Gasteiger partial charge on any atom is -0.208 e. The van der Waals surface area contributed by atoms with Gasteiger partial charge in [0.05, 0.1) is 0 Å². The van der Waals surface area contributed by atoms with E-state index in [1.165, 1.54) is 71.6 Å². The van der Waals surface area contributed by atoms with Crippen molar-refractivity contribution in [3.05, 3.63) is 211 Å². The predicted octanol–water partition coefficient (Wildman–Crippen LogP) is 14.5. The van der Waals surface area contributed by atoms with Gasteiger partial charge in [0.1, 0.15) is 0 Å². The van der Waals surface area contributed by atoms with E-state index in [2.05, 4.69) is 153 Å². The van der Waals surface area contributed by atoms with Crippen LogP contribution in [0.25, 0.3) is 100 Å². The van der Waals surface area contributed by atoms with Gasteiger partial charge in [-0.1, -0.05) is 208 Å². The smallest absolute Gasteiger partial charge is 0.164 e. The summed E-state index contributed by atoms with van der Waals surface area (Å²) in [5, 5.41) is 5.07. The van der Waals surface area contributed by atoms with Crippen LogP contribution in [0.3, 0.4) is 0 Å². The highest BCUT2D eigenvalue weighted by atomic mass is 15.0. The van der Waals surface area contributed by atoms with Crippen molar-refractivity contribution >= 4 is 21.5 Å². The van der Waals surface area contributed by atoms with Crippen molar-refractivity contribution in [1.29, 1.82) is 0 Å². The van der Waals surface area contributed by atoms with Crippen molar-refractivity contribution in [2.45, 2.75) is 19.3 Å². The number of benzene rings is 9. The van der Waals surface area contributed by atoms with E-state index in [1.54, 1.807) is 0 Å². The first-order valence-corrected chi connectivity index (χ1v) is 20.3. The van der Waals surface area contributed by atoms with Crippen LogP contribution in [0.4, 0.5) is 0 Å². The standard InChI is InChI=1S/C56H39N3/c1-56(2)49-24-14-13-23-47(49)52-50(56)34-33-44(51(52)38-29-25-37(26-30-38)48-35-42-19-9-10-20-43(42)45-21-11-12-22-46(45)48)36-27-31-41(32-28-36)55-58-53(39-15-5-3-6-16-39)57-54(59-55)40-17-7-4-8-18-40/h3-35H,1-2H3. The van der Waals surface area contributed by atoms with Crippen LogP contribution in [0.1, 0.15) is 25.0 Å². The Balaban J connectivity index is 1.05. The summed E-state index contributed by atoms with van der Waals surface area (Å²) in [4.78, 5) is 14.9. The van der Waals surface area contributed by atoms with Crippen LogP contribution < -0.4 is 0 Å². The summed E-state index contributed by atoms with van der Waals surface area (Å²) in [6.45, 7) is 4.71. The molecule has 0 atom stereocenters. The summed E-state index contributed by atoms with van der Waals surface area (Å²) in [5.74, 6) is 1.95. The van der Waals surface area contributed by atoms with Crippen molar-refractivity contribution in [2.24, 2.45) is 0 Å². The Morgan fingerprint density at radius 1 is 0.305 bits per heavy atom. The Labute approximate surface area is 344 Å². The van der Waals surface area contributed by atoms with Crippen molar-refractivity contribution < 1.29 is 0 Å². The SMILES string of the molecule is CC1(C)c2ccccc2-c2c1ccc(-c1ccc(-c3nc(-c4ccccc4)nc(-c4ccccc4)n3)cc1)c2-c1ccc(-c2cc3ccccc3c3ccccc23)cc1. The van der Waals surface area contributed by atoms with Crippen molar-refractivity contribution in [1.82, 2.24) is 15.0 Å². The first-order chi connectivity index (χ1) is 29.0. The maximum Gasteiger partial charge on any atom is 0.164 e. The average Bonchev–Trinajstić information content (AvgIpc) is 3.54. The van der Waals surface area contributed by atoms with E-state index < -0.39 is 0 Å². The van der Waals surface area contributed by atoms with Gasteiger partial charge < -0.3 is 0 Å². The number of rotatable bonds is 6. The first kappa shape index (κ1) is 34.7. The molecule has 0 N–H and O–H groups in total. The third-order valence-corrected chi connectivity index (χ3v) is 12.2. The molecular formula is C56H39N3. The van der Waals surface area contributed by atoms with Gasteiger partial charge in [0.25, 0.3) is 0 Å². The van der Waals surface area contributed by atoms with Gasteiger partial charge in [-0.15, -0.1) is 0 Å². The quantitative estimate of drug-likeness (QED) is 0.159. The Morgan fingerprint density at radius 3 is 1.42 bits per heavy atom. The van der Waals surface area contributed by atoms with Gasteiger partial charge in [0.2, 0.25) is 0 Å². The number of fused-ring (bicyclic) bond motifs is 6. The maximum atomic E-state index is 5.00. The van der Waals surface area contributed by atoms with Crippen LogP contribution in [-0.2, 0) is 5.41 Å². The van der Waals surface area contributed by atoms with Crippen molar-refractivity contribution in [3.8, 4) is 78.7 Å². The minimum absolute atomic E-state index is 0.126. The summed E-state index contributed by atoms with van der Waals surface area (Å²) in [5.41, 5.74) is 15.3. The number of nitrogens with zero attached hydrogens (tertiary/aromatic N) is 3. The van der Waals surface area contributed by atoms with Gasteiger partial charge in [-0.2, -0.15) is 0 Å². The molecule has 0 spiro atoms. The highest BCUT2D eigenvalue weighted by Gasteiger charge is 2.37. The van der Waals surface area contributed by atoms with Gasteiger partial charge in [0, 0.05) is 22.1 Å². The fraction of sp³-hybridized carbons (Fsp3) is 0.0536. The van der Waals surface area contributed by atoms with Crippen LogP contribution in [-0.4, -0.2) is 15.0 Å². The van der Waals surface area contributed by atoms with Crippen LogP contribution in [0.15, 0.2) is 200 Å². The molecule has 0 radical (unpaired) electrons. The van der Waals surface area contributed by atoms with E-state index in [-0.39, 0.29) is 5.41 Å². The molecule has 9 aromatic carbocycles. The summed E-state index contributed by atoms with van der Waals surface area (Å²) >= 11 is 0. The normalized spacial score (nSPS) is 12.7. The lowest BCUT2D eigenvalue weighted by molar-refractivity contribution is 0.660. The van der Waals surface area contributed by atoms with E-state index in [4.69, 9.17) is 15.0 Å². The average molecular weight is 754 g/mol. The van der Waals surface area contributed by atoms with Gasteiger partial charge >= 0.3 is 0 Å². The molecule has 1 aliphatic carbocycles. The highest BCUT2D eigenvalue weighted by molar-refractivity contribution is 6.14. The van der Waals surface area contributed by atoms with E-state index in [0.717, 1.165) is 22.3 Å². The van der Waals surface area contributed by atoms with Gasteiger partial charge in [-0.05, 0) is 83.2 Å². The second-order valence-corrected chi connectivity index (χ2v) is 16.0. The molecule has 0 aliphatic heterocycles. The molecule has 1 aromatic heterocycles. The third-order valence-electron chi connectivity index (χ3n) is 12.2. The third kappa shape index (κ3) is 5.85. The molecule has 0 saturated carbocycles. The van der Waals surface area contributed by atoms with E-state index in [0.29, 0.717) is 17.5 Å². The topological polar surface area (TPSA) is 38.7 Å². The van der Waals surface area contributed by atoms with E-state index in [1.807, 2.05) is 60.7 Å². The maximum absolute atomic E-state index is 5.00. The zero-order valence-electron chi connectivity index (χ0n) is 32.9. The van der Waals surface area contributed by atoms with Crippen LogP contribution >= 0.6 is 0 Å². The molecule has 11 rings (SSSR count). The largest absolute Gasteiger partial charge is 0.208 e. The molecule has 59 heavy (non-hydrogen) atoms. The van der Waals surface area contributed by atoms with Crippen molar-refractivity contribution in [3.63, 3.8) is 0 Å². The second kappa shape index (κ2) is 13.9. The Bertz CT molecular complexity index is 3150. The molecule has 1 aliphatic rings. The van der Waals surface area contributed by atoms with E-state index in [9.17, 15) is 0 Å². The molecule has 0 bridgehead atoms. The summed E-state index contributed by atoms with van der Waals surface area (Å²) in [6.07, 6.45) is 0. The Kier molecular flexibility index (Phi) is 8.16. The summed E-state index contributed by atoms with van der Waals surface area (Å²) in [6, 6.07) is 71.7. The number of hydrogen-bond acceptors (Lipinski definition) is 3. The second-order valence-electron chi connectivity index (χ2n) is 16.0. The minimum atomic E-state index is -0.126. The van der Waals surface area contributed by atoms with Gasteiger partial charge in [-0.3, -0.25) is 0 Å². The molecule has 278 valence electrons. The Morgan fingerprint density at radius 2 is 0.780 bits per heavy atom. The van der Waals surface area contributed by atoms with Gasteiger partial charge in [0.15, 0.2) is 17.5 Å². The monoisotopic (exact) mass is 753 g/mol. The summed E-state index contributed by atoms with van der Waals surface area (Å²) < 4.78 is 0. The lowest BCUT2D eigenvalue weighted by Crippen LogP contribution is -2.14. The van der Waals surface area contributed by atoms with Crippen LogP contribution in [0, 0.1) is 0 Å². The molecule has 3 heteroatoms. The zero-order valence-corrected chi connectivity index (χ0v) is 32.9. The highest BCUT2D eigenvalue weighted by Crippen LogP contribution is 2.54. The molecule has 0 saturated heterocycles. The molecule has 0 unspecified atom stereocenters. The lowest BCUT2D eigenvalue weighted by Gasteiger charge is -2.23. The predicted molar refractivity (Wildman–Crippen MR) is 245 cm³/mol. The lowest BCUT2D eigenvalue weighted by atomic mass is 9.80. The fourth-order valence-corrected chi connectivity index (χ4v) is 9.18. The molecule has 10 aromatic rings. The first-order valence-electron chi connectivity index (χ1n) is 20.3. The number of aromatic nitrogens is 3. The van der Waals surface area contributed by atoms with Crippen LogP contribution in [0.2, 0.25) is 0 Å². The zero-order chi connectivity index (χ0) is 39.5. The van der Waals surface area contributed by atoms with E-state index >= 15 is 0 Å². The fourth-order valence-electron chi connectivity index (χ4n) is 9.18. The van der Waals surface area contributed by atoms with Crippen LogP contribution in [0.5, 0.6) is 0 Å². The molecule has 0 fully saturated rings. The molecule has 1 heterocycles. The van der Waals surface area contributed by atoms with Gasteiger partial charge in [-0.25, -0.2) is 15.0 Å². The molecule has 3 nitrogen and oxygen atoms in total. The molecule has 0 amide bonds. The number of hydrogen-bond donors (Lipinski definition) is 0. The summed E-state index contributed by atoms with van der Waals surface area (Å²) in [7, 11) is 0. The Hall–Kier alpha value is -7.49. The van der Waals surface area contributed by atoms with Crippen molar-refractivity contribution in [2.75, 3.05) is 0 Å². The molecular weight excluding hydrogens is 715 g/mol.